The highest BCUT2D eigenvalue weighted by atomic mass is 19.2. The predicted molar refractivity (Wildman–Crippen MR) is 124 cm³/mol. The lowest BCUT2D eigenvalue weighted by Crippen LogP contribution is -2.52. The number of hydrogen-bond acceptors (Lipinski definition) is 6. The number of primary amides is 1. The van der Waals surface area contributed by atoms with Crippen molar-refractivity contribution in [2.24, 2.45) is 11.7 Å². The average molecular weight is 470 g/mol. The van der Waals surface area contributed by atoms with Gasteiger partial charge in [0.15, 0.2) is 0 Å². The summed E-state index contributed by atoms with van der Waals surface area (Å²) in [6, 6.07) is 3.86. The molecule has 0 aliphatic carbocycles. The van der Waals surface area contributed by atoms with Crippen molar-refractivity contribution < 1.29 is 28.4 Å². The summed E-state index contributed by atoms with van der Waals surface area (Å²) < 4.78 is 17.9. The first kappa shape index (κ1) is 29.8. The quantitative estimate of drug-likeness (QED) is 0.180. The van der Waals surface area contributed by atoms with Gasteiger partial charge in [-0.3, -0.25) is 14.4 Å². The predicted octanol–water partition coefficient (Wildman–Crippen LogP) is 2.15. The largest absolute Gasteiger partial charge is 0.461 e. The van der Waals surface area contributed by atoms with Gasteiger partial charge in [0.2, 0.25) is 11.8 Å². The van der Waals surface area contributed by atoms with Crippen LogP contribution in [0.4, 0.5) is 15.0 Å². The molecule has 0 saturated carbocycles. The number of carbonyl (C=O) groups is 4. The average Bonchev–Trinajstić information content (AvgIpc) is 2.76. The molecule has 11 heteroatoms. The van der Waals surface area contributed by atoms with Crippen LogP contribution in [0.5, 0.6) is 0 Å². The Morgan fingerprint density at radius 3 is 2.15 bits per heavy atom. The molecule has 6 N–H and O–H groups in total. The molecule has 1 aromatic carbocycles. The molecule has 0 aliphatic heterocycles. The normalized spacial score (nSPS) is 12.0. The van der Waals surface area contributed by atoms with Crippen molar-refractivity contribution in [2.75, 3.05) is 11.9 Å². The van der Waals surface area contributed by atoms with E-state index in [1.807, 2.05) is 13.8 Å². The third-order valence-corrected chi connectivity index (χ3v) is 4.33. The summed E-state index contributed by atoms with van der Waals surface area (Å²) in [5.74, 6) is -1.89. The van der Waals surface area contributed by atoms with Gasteiger partial charge in [-0.2, -0.15) is 0 Å². The molecule has 0 radical (unpaired) electrons. The molecule has 0 fully saturated rings. The molecule has 0 spiro atoms. The van der Waals surface area contributed by atoms with Gasteiger partial charge in [-0.25, -0.2) is 4.79 Å². The first-order valence-electron chi connectivity index (χ1n) is 10.9. The lowest BCUT2D eigenvalue weighted by molar-refractivity contribution is -0.142. The van der Waals surface area contributed by atoms with E-state index in [2.05, 4.69) is 16.0 Å². The second-order valence-corrected chi connectivity index (χ2v) is 7.29. The number of esters is 1. The van der Waals surface area contributed by atoms with Gasteiger partial charge in [0.25, 0.3) is 0 Å². The van der Waals surface area contributed by atoms with Crippen LogP contribution < -0.4 is 27.2 Å². The van der Waals surface area contributed by atoms with E-state index in [4.69, 9.17) is 10.5 Å². The zero-order valence-electron chi connectivity index (χ0n) is 19.9. The van der Waals surface area contributed by atoms with Crippen molar-refractivity contribution >= 4 is 29.5 Å². The Bertz CT molecular complexity index is 758. The summed E-state index contributed by atoms with van der Waals surface area (Å²) in [7, 11) is 0. The summed E-state index contributed by atoms with van der Waals surface area (Å²) in [6.45, 7) is 8.97. The molecule has 186 valence electrons. The molecule has 0 saturated heterocycles. The zero-order chi connectivity index (χ0) is 25.4. The van der Waals surface area contributed by atoms with Gasteiger partial charge in [0, 0.05) is 19.2 Å². The monoisotopic (exact) mass is 469 g/mol. The highest BCUT2D eigenvalue weighted by Gasteiger charge is 2.27. The summed E-state index contributed by atoms with van der Waals surface area (Å²) in [5.41, 5.74) is 7.67. The molecule has 1 rings (SSSR count). The third kappa shape index (κ3) is 12.4. The summed E-state index contributed by atoms with van der Waals surface area (Å²) in [6.07, 6.45) is 0.553. The topological polar surface area (TPSA) is 152 Å². The Labute approximate surface area is 194 Å². The molecular weight excluding hydrogens is 433 g/mol. The van der Waals surface area contributed by atoms with E-state index in [1.165, 1.54) is 12.5 Å². The van der Waals surface area contributed by atoms with Crippen molar-refractivity contribution in [3.8, 4) is 0 Å². The number of halogens is 1. The smallest absolute Gasteiger partial charge is 0.312 e. The first-order chi connectivity index (χ1) is 15.6. The number of urea groups is 1. The fraction of sp³-hybridized carbons (Fsp3) is 0.545. The van der Waals surface area contributed by atoms with Gasteiger partial charge in [-0.15, -0.1) is 10.0 Å². The molecule has 2 atom stereocenters. The molecule has 0 bridgehead atoms. The number of carbonyl (C=O) groups excluding carboxylic acids is 4. The van der Waals surface area contributed by atoms with Crippen LogP contribution in [0.25, 0.3) is 0 Å². The fourth-order valence-electron chi connectivity index (χ4n) is 2.63. The fourth-order valence-corrected chi connectivity index (χ4v) is 2.63. The van der Waals surface area contributed by atoms with Crippen LogP contribution in [0.3, 0.4) is 0 Å². The number of nitrogens with two attached hydrogens (primary N) is 1. The molecular formula is C22H36FN5O5. The number of rotatable bonds is 12. The van der Waals surface area contributed by atoms with Crippen LogP contribution in [-0.4, -0.2) is 42.4 Å². The maximum Gasteiger partial charge on any atom is 0.312 e. The molecule has 4 amide bonds. The molecule has 2 unspecified atom stereocenters. The van der Waals surface area contributed by atoms with Crippen LogP contribution in [-0.2, 0) is 25.7 Å². The van der Waals surface area contributed by atoms with Gasteiger partial charge in [-0.05, 0) is 36.5 Å². The Morgan fingerprint density at radius 1 is 1.06 bits per heavy atom. The Balaban J connectivity index is 0.00000497. The van der Waals surface area contributed by atoms with E-state index in [0.29, 0.717) is 12.1 Å². The number of ether oxygens (including phenoxy) is 1. The maximum atomic E-state index is 13.0. The highest BCUT2D eigenvalue weighted by Crippen LogP contribution is 2.12. The van der Waals surface area contributed by atoms with Crippen LogP contribution in [0.1, 0.15) is 53.0 Å². The third-order valence-electron chi connectivity index (χ3n) is 4.33. The minimum atomic E-state index is -1.11. The number of amides is 4. The van der Waals surface area contributed by atoms with Gasteiger partial charge in [0.05, 0.1) is 0 Å². The first-order valence-corrected chi connectivity index (χ1v) is 10.9. The van der Waals surface area contributed by atoms with E-state index in [9.17, 15) is 23.7 Å². The van der Waals surface area contributed by atoms with Crippen molar-refractivity contribution in [3.05, 3.63) is 29.8 Å². The summed E-state index contributed by atoms with van der Waals surface area (Å²) in [5, 5.41) is 7.64. The summed E-state index contributed by atoms with van der Waals surface area (Å²) >= 11 is 0. The number of anilines is 1. The standard InChI is InChI=1S/C20H30FN5O5.C2H6/c1-12(2)17(26-21)19(29)25-16(5-4-10-23-20(22)30)18(28)24-15-8-6-14(7-9-15)11-31-13(3)27;1-2/h6-9,12,16-17,26H,4-5,10-11H2,1-3H3,(H,24,28)(H,25,29)(H3,22,23,30);1-2H3. The SMILES string of the molecule is CC.CC(=O)OCc1ccc(NC(=O)C(CCCNC(N)=O)NC(=O)C(NF)C(C)C)cc1. The van der Waals surface area contributed by atoms with E-state index >= 15 is 0 Å². The summed E-state index contributed by atoms with van der Waals surface area (Å²) in [4.78, 5) is 46.8. The van der Waals surface area contributed by atoms with Crippen LogP contribution >= 0.6 is 0 Å². The van der Waals surface area contributed by atoms with E-state index in [0.717, 1.165) is 5.56 Å². The molecule has 10 nitrogen and oxygen atoms in total. The second kappa shape index (κ2) is 16.4. The van der Waals surface area contributed by atoms with E-state index in [1.54, 1.807) is 38.1 Å². The van der Waals surface area contributed by atoms with E-state index < -0.39 is 35.9 Å². The van der Waals surface area contributed by atoms with Crippen molar-refractivity contribution in [2.45, 2.75) is 66.2 Å². The van der Waals surface area contributed by atoms with Crippen LogP contribution in [0, 0.1) is 5.92 Å². The molecule has 0 aromatic heterocycles. The Morgan fingerprint density at radius 2 is 1.67 bits per heavy atom. The van der Waals surface area contributed by atoms with Gasteiger partial charge in [0.1, 0.15) is 18.7 Å². The maximum absolute atomic E-state index is 13.0. The van der Waals surface area contributed by atoms with Crippen molar-refractivity contribution in [1.82, 2.24) is 16.2 Å². The second-order valence-electron chi connectivity index (χ2n) is 7.29. The van der Waals surface area contributed by atoms with Crippen LogP contribution in [0.2, 0.25) is 0 Å². The lowest BCUT2D eigenvalue weighted by Gasteiger charge is -2.23. The zero-order valence-corrected chi connectivity index (χ0v) is 19.9. The number of benzene rings is 1. The molecule has 0 aliphatic rings. The number of nitrogens with one attached hydrogen (secondary N) is 4. The van der Waals surface area contributed by atoms with Crippen molar-refractivity contribution in [1.29, 1.82) is 0 Å². The lowest BCUT2D eigenvalue weighted by atomic mass is 10.0. The van der Waals surface area contributed by atoms with E-state index in [-0.39, 0.29) is 25.5 Å². The van der Waals surface area contributed by atoms with Gasteiger partial charge < -0.3 is 26.4 Å². The van der Waals surface area contributed by atoms with Crippen LogP contribution in [0.15, 0.2) is 24.3 Å². The Kier molecular flexibility index (Phi) is 14.8. The van der Waals surface area contributed by atoms with Crippen molar-refractivity contribution in [3.63, 3.8) is 0 Å². The molecule has 0 heterocycles. The highest BCUT2D eigenvalue weighted by molar-refractivity contribution is 5.97. The van der Waals surface area contributed by atoms with Gasteiger partial charge in [-0.1, -0.05) is 39.8 Å². The Hall–Kier alpha value is -3.21. The molecule has 1 aromatic rings. The number of hydrogen-bond donors (Lipinski definition) is 5. The van der Waals surface area contributed by atoms with Gasteiger partial charge >= 0.3 is 12.0 Å². The molecule has 33 heavy (non-hydrogen) atoms. The minimum Gasteiger partial charge on any atom is -0.461 e. The minimum absolute atomic E-state index is 0.113.